The number of hydrogen-bond donors (Lipinski definition) is 1. The van der Waals surface area contributed by atoms with Gasteiger partial charge in [-0.2, -0.15) is 0 Å². The first-order valence-electron chi connectivity index (χ1n) is 11.8. The first kappa shape index (κ1) is 20.1. The van der Waals surface area contributed by atoms with Gasteiger partial charge in [0.15, 0.2) is 11.5 Å². The van der Waals surface area contributed by atoms with Crippen LogP contribution < -0.4 is 15.0 Å². The molecule has 7 nitrogen and oxygen atoms in total. The minimum absolute atomic E-state index is 0.0762. The number of amides is 1. The molecule has 1 saturated carbocycles. The molecular formula is C26H27N5O2. The molecule has 4 heterocycles. The lowest BCUT2D eigenvalue weighted by atomic mass is 9.83. The maximum absolute atomic E-state index is 12.6. The largest absolute Gasteiger partial charge is 0.487 e. The van der Waals surface area contributed by atoms with Crippen molar-refractivity contribution in [2.24, 2.45) is 0 Å². The number of rotatable bonds is 4. The van der Waals surface area contributed by atoms with Gasteiger partial charge < -0.3 is 15.0 Å². The van der Waals surface area contributed by atoms with Crippen LogP contribution in [0.4, 0.5) is 5.82 Å². The fourth-order valence-corrected chi connectivity index (χ4v) is 5.13. The van der Waals surface area contributed by atoms with Crippen LogP contribution in [0.3, 0.4) is 0 Å². The first-order valence-corrected chi connectivity index (χ1v) is 11.8. The van der Waals surface area contributed by atoms with E-state index in [1.165, 1.54) is 5.56 Å². The number of aryl methyl sites for hydroxylation is 1. The standard InChI is InChI=1S/C26H27N5O2/c32-25(28-22-16-20(22)19-5-3-13-27-17-19)21-7-8-24(30-29-21)31-14-11-26(12-15-31)10-9-18-4-1-2-6-23(18)33-26/h1-8,13,17,20,22H,9-12,14-16H2,(H,28,32). The van der Waals surface area contributed by atoms with Gasteiger partial charge in [0, 0.05) is 50.3 Å². The van der Waals surface area contributed by atoms with E-state index in [-0.39, 0.29) is 17.6 Å². The predicted octanol–water partition coefficient (Wildman–Crippen LogP) is 3.52. The first-order chi connectivity index (χ1) is 16.2. The summed E-state index contributed by atoms with van der Waals surface area (Å²) in [5.41, 5.74) is 2.75. The van der Waals surface area contributed by atoms with Crippen LogP contribution in [-0.2, 0) is 6.42 Å². The van der Waals surface area contributed by atoms with Gasteiger partial charge >= 0.3 is 0 Å². The summed E-state index contributed by atoms with van der Waals surface area (Å²) >= 11 is 0. The summed E-state index contributed by atoms with van der Waals surface area (Å²) < 4.78 is 6.46. The molecular weight excluding hydrogens is 414 g/mol. The Morgan fingerprint density at radius 1 is 1.03 bits per heavy atom. The normalized spacial score (nSPS) is 22.8. The lowest BCUT2D eigenvalue weighted by molar-refractivity contribution is 0.0224. The Morgan fingerprint density at radius 2 is 1.91 bits per heavy atom. The van der Waals surface area contributed by atoms with E-state index in [9.17, 15) is 4.79 Å². The third kappa shape index (κ3) is 4.03. The quantitative estimate of drug-likeness (QED) is 0.667. The van der Waals surface area contributed by atoms with Crippen molar-refractivity contribution in [1.82, 2.24) is 20.5 Å². The predicted molar refractivity (Wildman–Crippen MR) is 124 cm³/mol. The van der Waals surface area contributed by atoms with Crippen molar-refractivity contribution in [3.05, 3.63) is 77.7 Å². The number of anilines is 1. The van der Waals surface area contributed by atoms with Crippen molar-refractivity contribution in [2.45, 2.75) is 49.7 Å². The highest BCUT2D eigenvalue weighted by Gasteiger charge is 2.41. The number of nitrogens with zero attached hydrogens (tertiary/aromatic N) is 4. The van der Waals surface area contributed by atoms with Gasteiger partial charge in [-0.1, -0.05) is 24.3 Å². The SMILES string of the molecule is O=C(NC1CC1c1cccnc1)c1ccc(N2CCC3(CCc4ccccc4O3)CC2)nn1. The van der Waals surface area contributed by atoms with Crippen LogP contribution in [0.5, 0.6) is 5.75 Å². The Morgan fingerprint density at radius 3 is 2.70 bits per heavy atom. The van der Waals surface area contributed by atoms with Crippen LogP contribution in [0.25, 0.3) is 0 Å². The average molecular weight is 442 g/mol. The van der Waals surface area contributed by atoms with Gasteiger partial charge in [0.25, 0.3) is 5.91 Å². The van der Waals surface area contributed by atoms with Crippen LogP contribution in [0.15, 0.2) is 60.9 Å². The van der Waals surface area contributed by atoms with Crippen molar-refractivity contribution >= 4 is 11.7 Å². The molecule has 0 bridgehead atoms. The summed E-state index contributed by atoms with van der Waals surface area (Å²) in [6.07, 6.45) is 8.62. The molecule has 2 aromatic heterocycles. The number of pyridine rings is 1. The molecule has 33 heavy (non-hydrogen) atoms. The number of para-hydroxylation sites is 1. The molecule has 7 heteroatoms. The second-order valence-electron chi connectivity index (χ2n) is 9.37. The second-order valence-corrected chi connectivity index (χ2v) is 9.37. The number of hydrogen-bond acceptors (Lipinski definition) is 6. The van der Waals surface area contributed by atoms with Gasteiger partial charge in [0.2, 0.25) is 0 Å². The smallest absolute Gasteiger partial charge is 0.272 e. The maximum Gasteiger partial charge on any atom is 0.272 e. The molecule has 2 unspecified atom stereocenters. The van der Waals surface area contributed by atoms with Gasteiger partial charge in [-0.15, -0.1) is 10.2 Å². The Labute approximate surface area is 193 Å². The molecule has 2 atom stereocenters. The molecule has 1 aliphatic carbocycles. The van der Waals surface area contributed by atoms with E-state index in [0.29, 0.717) is 11.6 Å². The van der Waals surface area contributed by atoms with Gasteiger partial charge in [-0.25, -0.2) is 0 Å². The molecule has 6 rings (SSSR count). The molecule has 1 saturated heterocycles. The summed E-state index contributed by atoms with van der Waals surface area (Å²) in [5.74, 6) is 2.02. The molecule has 2 fully saturated rings. The lowest BCUT2D eigenvalue weighted by Crippen LogP contribution is -2.50. The minimum Gasteiger partial charge on any atom is -0.487 e. The summed E-state index contributed by atoms with van der Waals surface area (Å²) in [6.45, 7) is 1.74. The van der Waals surface area contributed by atoms with E-state index in [4.69, 9.17) is 4.74 Å². The minimum atomic E-state index is -0.169. The highest BCUT2D eigenvalue weighted by Crippen LogP contribution is 2.41. The highest BCUT2D eigenvalue weighted by atomic mass is 16.5. The van der Waals surface area contributed by atoms with Gasteiger partial charge in [-0.05, 0) is 54.7 Å². The fraction of sp³-hybridized carbons (Fsp3) is 0.385. The summed E-state index contributed by atoms with van der Waals surface area (Å²) in [5, 5.41) is 11.6. The highest BCUT2D eigenvalue weighted by molar-refractivity contribution is 5.92. The summed E-state index contributed by atoms with van der Waals surface area (Å²) in [6, 6.07) is 16.2. The van der Waals surface area contributed by atoms with Crippen LogP contribution in [0.2, 0.25) is 0 Å². The molecule has 2 aliphatic heterocycles. The third-order valence-corrected chi connectivity index (χ3v) is 7.25. The number of carbonyl (C=O) groups is 1. The zero-order valence-corrected chi connectivity index (χ0v) is 18.5. The maximum atomic E-state index is 12.6. The molecule has 3 aliphatic rings. The molecule has 1 N–H and O–H groups in total. The molecule has 3 aromatic rings. The Bertz CT molecular complexity index is 1140. The van der Waals surface area contributed by atoms with E-state index >= 15 is 0 Å². The number of piperidine rings is 1. The number of benzene rings is 1. The van der Waals surface area contributed by atoms with Gasteiger partial charge in [0.1, 0.15) is 11.4 Å². The van der Waals surface area contributed by atoms with Crippen molar-refractivity contribution in [1.29, 1.82) is 0 Å². The van der Waals surface area contributed by atoms with Crippen molar-refractivity contribution in [3.63, 3.8) is 0 Å². The molecule has 1 spiro atoms. The summed E-state index contributed by atoms with van der Waals surface area (Å²) in [4.78, 5) is 19.0. The van der Waals surface area contributed by atoms with Crippen LogP contribution in [0.1, 0.15) is 53.2 Å². The van der Waals surface area contributed by atoms with E-state index in [2.05, 4.69) is 49.7 Å². The number of fused-ring (bicyclic) bond motifs is 1. The monoisotopic (exact) mass is 441 g/mol. The Hall–Kier alpha value is -3.48. The third-order valence-electron chi connectivity index (χ3n) is 7.25. The lowest BCUT2D eigenvalue weighted by Gasteiger charge is -2.44. The zero-order chi connectivity index (χ0) is 22.3. The topological polar surface area (TPSA) is 80.2 Å². The van der Waals surface area contributed by atoms with E-state index in [1.54, 1.807) is 12.3 Å². The van der Waals surface area contributed by atoms with E-state index in [1.807, 2.05) is 24.4 Å². The number of nitrogens with one attached hydrogen (secondary N) is 1. The van der Waals surface area contributed by atoms with Crippen molar-refractivity contribution < 1.29 is 9.53 Å². The Kier molecular flexibility index (Phi) is 4.97. The number of ether oxygens (including phenoxy) is 1. The van der Waals surface area contributed by atoms with E-state index in [0.717, 1.165) is 62.3 Å². The van der Waals surface area contributed by atoms with Crippen LogP contribution in [-0.4, -0.2) is 45.8 Å². The molecule has 1 amide bonds. The Balaban J connectivity index is 1.04. The van der Waals surface area contributed by atoms with Crippen molar-refractivity contribution in [3.8, 4) is 5.75 Å². The zero-order valence-electron chi connectivity index (χ0n) is 18.5. The number of aromatic nitrogens is 3. The second kappa shape index (κ2) is 8.14. The summed E-state index contributed by atoms with van der Waals surface area (Å²) in [7, 11) is 0. The van der Waals surface area contributed by atoms with E-state index < -0.39 is 0 Å². The number of carbonyl (C=O) groups excluding carboxylic acids is 1. The van der Waals surface area contributed by atoms with Crippen LogP contribution >= 0.6 is 0 Å². The van der Waals surface area contributed by atoms with Crippen molar-refractivity contribution in [2.75, 3.05) is 18.0 Å². The average Bonchev–Trinajstić information content (AvgIpc) is 3.64. The van der Waals surface area contributed by atoms with Gasteiger partial charge in [-0.3, -0.25) is 9.78 Å². The molecule has 0 radical (unpaired) electrons. The fourth-order valence-electron chi connectivity index (χ4n) is 5.13. The molecule has 1 aromatic carbocycles. The van der Waals surface area contributed by atoms with Crippen LogP contribution in [0, 0.1) is 0 Å². The molecule has 168 valence electrons. The van der Waals surface area contributed by atoms with Gasteiger partial charge in [0.05, 0.1) is 0 Å².